The maximum Gasteiger partial charge on any atom is 0.0828 e. The number of hydrogen-bond acceptors (Lipinski definition) is 0. The molecule has 105 valence electrons. The van der Waals surface area contributed by atoms with Gasteiger partial charge in [-0.15, -0.1) is 0 Å². The van der Waals surface area contributed by atoms with Crippen LogP contribution in [0.25, 0.3) is 0 Å². The lowest BCUT2D eigenvalue weighted by Crippen LogP contribution is -2.52. The molecule has 0 saturated carbocycles. The molecule has 0 aromatic heterocycles. The van der Waals surface area contributed by atoms with Crippen molar-refractivity contribution in [1.82, 2.24) is 0 Å². The Morgan fingerprint density at radius 2 is 1.89 bits per heavy atom. The SMILES string of the molecule is C=C(C)C(C)C[Si](C)c1ccc(C)cc1[Si](C)(C)C. The fourth-order valence-corrected chi connectivity index (χ4v) is 8.10. The van der Waals surface area contributed by atoms with Crippen LogP contribution in [0.5, 0.6) is 0 Å². The van der Waals surface area contributed by atoms with Crippen molar-refractivity contribution in [1.29, 1.82) is 0 Å². The van der Waals surface area contributed by atoms with E-state index in [1.807, 2.05) is 0 Å². The van der Waals surface area contributed by atoms with Gasteiger partial charge < -0.3 is 0 Å². The van der Waals surface area contributed by atoms with Crippen LogP contribution in [-0.4, -0.2) is 16.9 Å². The second-order valence-corrected chi connectivity index (χ2v) is 14.6. The molecule has 0 fully saturated rings. The van der Waals surface area contributed by atoms with E-state index in [-0.39, 0.29) is 0 Å². The average Bonchev–Trinajstić information content (AvgIpc) is 2.27. The van der Waals surface area contributed by atoms with Gasteiger partial charge in [-0.1, -0.05) is 79.4 Å². The van der Waals surface area contributed by atoms with Crippen molar-refractivity contribution >= 4 is 27.2 Å². The van der Waals surface area contributed by atoms with Gasteiger partial charge in [-0.05, 0) is 25.8 Å². The first-order valence-electron chi connectivity index (χ1n) is 7.22. The first kappa shape index (κ1) is 16.4. The van der Waals surface area contributed by atoms with Crippen molar-refractivity contribution in [3.63, 3.8) is 0 Å². The predicted octanol–water partition coefficient (Wildman–Crippen LogP) is 4.08. The maximum absolute atomic E-state index is 4.11. The van der Waals surface area contributed by atoms with Crippen molar-refractivity contribution in [3.8, 4) is 0 Å². The first-order valence-corrected chi connectivity index (χ1v) is 12.9. The van der Waals surface area contributed by atoms with Gasteiger partial charge in [0.25, 0.3) is 0 Å². The minimum absolute atomic E-state index is 0.466. The molecule has 1 aromatic rings. The van der Waals surface area contributed by atoms with Crippen LogP contribution in [0.3, 0.4) is 0 Å². The summed E-state index contributed by atoms with van der Waals surface area (Å²) < 4.78 is 0. The summed E-state index contributed by atoms with van der Waals surface area (Å²) in [7, 11) is -1.71. The number of hydrogen-bond donors (Lipinski definition) is 0. The van der Waals surface area contributed by atoms with Crippen molar-refractivity contribution in [2.24, 2.45) is 5.92 Å². The third-order valence-corrected chi connectivity index (χ3v) is 8.76. The highest BCUT2D eigenvalue weighted by molar-refractivity contribution is 6.93. The second kappa shape index (κ2) is 6.23. The van der Waals surface area contributed by atoms with Crippen LogP contribution in [0.1, 0.15) is 19.4 Å². The van der Waals surface area contributed by atoms with Gasteiger partial charge in [0.15, 0.2) is 0 Å². The summed E-state index contributed by atoms with van der Waals surface area (Å²) >= 11 is 0. The van der Waals surface area contributed by atoms with Gasteiger partial charge in [-0.25, -0.2) is 0 Å². The molecule has 0 bridgehead atoms. The number of allylic oxidation sites excluding steroid dienone is 1. The molecule has 0 nitrogen and oxygen atoms in total. The van der Waals surface area contributed by atoms with E-state index in [9.17, 15) is 0 Å². The fourth-order valence-electron chi connectivity index (χ4n) is 2.39. The maximum atomic E-state index is 4.11. The van der Waals surface area contributed by atoms with Crippen LogP contribution < -0.4 is 10.4 Å². The highest BCUT2D eigenvalue weighted by atomic mass is 28.3. The Bertz CT molecular complexity index is 455. The predicted molar refractivity (Wildman–Crippen MR) is 94.2 cm³/mol. The van der Waals surface area contributed by atoms with Gasteiger partial charge in [0.2, 0.25) is 0 Å². The molecule has 0 spiro atoms. The van der Waals surface area contributed by atoms with E-state index in [0.29, 0.717) is 5.92 Å². The summed E-state index contributed by atoms with van der Waals surface area (Å²) in [6, 6.07) is 8.45. The number of aryl methyl sites for hydroxylation is 1. The Labute approximate surface area is 122 Å². The molecule has 1 aromatic carbocycles. The van der Waals surface area contributed by atoms with Crippen LogP contribution in [-0.2, 0) is 0 Å². The Kier molecular flexibility index (Phi) is 5.39. The molecule has 2 heteroatoms. The summed E-state index contributed by atoms with van der Waals surface area (Å²) in [6.45, 7) is 20.7. The molecular formula is C17H29Si2. The topological polar surface area (TPSA) is 0 Å². The van der Waals surface area contributed by atoms with Gasteiger partial charge in [-0.3, -0.25) is 0 Å². The highest BCUT2D eigenvalue weighted by Gasteiger charge is 2.24. The molecule has 0 amide bonds. The Hall–Kier alpha value is -0.606. The van der Waals surface area contributed by atoms with E-state index in [2.05, 4.69) is 71.7 Å². The lowest BCUT2D eigenvalue weighted by Gasteiger charge is -2.26. The molecule has 0 aliphatic carbocycles. The van der Waals surface area contributed by atoms with Crippen LogP contribution in [0.4, 0.5) is 0 Å². The van der Waals surface area contributed by atoms with Crippen LogP contribution in [0, 0.1) is 12.8 Å². The smallest absolute Gasteiger partial charge is 0.0828 e. The van der Waals surface area contributed by atoms with E-state index in [0.717, 1.165) is 0 Å². The summed E-state index contributed by atoms with van der Waals surface area (Å²) in [6.07, 6.45) is 0. The molecular weight excluding hydrogens is 260 g/mol. The second-order valence-electron chi connectivity index (χ2n) is 7.03. The molecule has 0 N–H and O–H groups in total. The van der Waals surface area contributed by atoms with Gasteiger partial charge in [0, 0.05) is 0 Å². The van der Waals surface area contributed by atoms with Crippen LogP contribution in [0.2, 0.25) is 32.2 Å². The lowest BCUT2D eigenvalue weighted by atomic mass is 10.1. The zero-order valence-electron chi connectivity index (χ0n) is 13.7. The van der Waals surface area contributed by atoms with Gasteiger partial charge in [-0.2, -0.15) is 0 Å². The minimum Gasteiger partial charge on any atom is -0.0999 e. The summed E-state index contributed by atoms with van der Waals surface area (Å²) in [4.78, 5) is 0. The van der Waals surface area contributed by atoms with Gasteiger partial charge >= 0.3 is 0 Å². The van der Waals surface area contributed by atoms with E-state index in [1.54, 1.807) is 10.4 Å². The first-order chi connectivity index (χ1) is 8.62. The van der Waals surface area contributed by atoms with Gasteiger partial charge in [0.05, 0.1) is 16.9 Å². The van der Waals surface area contributed by atoms with Crippen molar-refractivity contribution in [3.05, 3.63) is 35.9 Å². The minimum atomic E-state index is -1.25. The molecule has 0 saturated heterocycles. The van der Waals surface area contributed by atoms with E-state index in [1.165, 1.54) is 17.2 Å². The van der Waals surface area contributed by atoms with Crippen LogP contribution >= 0.6 is 0 Å². The van der Waals surface area contributed by atoms with Crippen molar-refractivity contribution in [2.75, 3.05) is 0 Å². The zero-order chi connectivity index (χ0) is 14.8. The zero-order valence-corrected chi connectivity index (χ0v) is 15.7. The molecule has 0 aliphatic heterocycles. The summed E-state index contributed by atoms with van der Waals surface area (Å²) in [5.74, 6) is 0.648. The monoisotopic (exact) mass is 289 g/mol. The molecule has 1 rings (SSSR count). The third-order valence-electron chi connectivity index (χ3n) is 3.90. The summed E-state index contributed by atoms with van der Waals surface area (Å²) in [5, 5.41) is 3.35. The Morgan fingerprint density at radius 1 is 1.32 bits per heavy atom. The third kappa shape index (κ3) is 4.46. The molecule has 19 heavy (non-hydrogen) atoms. The highest BCUT2D eigenvalue weighted by Crippen LogP contribution is 2.15. The Balaban J connectivity index is 3.09. The molecule has 1 radical (unpaired) electrons. The van der Waals surface area contributed by atoms with Gasteiger partial charge in [0.1, 0.15) is 0 Å². The largest absolute Gasteiger partial charge is 0.0999 e. The van der Waals surface area contributed by atoms with E-state index in [4.69, 9.17) is 0 Å². The van der Waals surface area contributed by atoms with E-state index >= 15 is 0 Å². The molecule has 1 atom stereocenters. The molecule has 0 aliphatic rings. The van der Waals surface area contributed by atoms with Crippen LogP contribution in [0.15, 0.2) is 30.4 Å². The van der Waals surface area contributed by atoms with E-state index < -0.39 is 16.9 Å². The van der Waals surface area contributed by atoms with Crippen molar-refractivity contribution in [2.45, 2.75) is 53.0 Å². The quantitative estimate of drug-likeness (QED) is 0.566. The fraction of sp³-hybridized carbons (Fsp3) is 0.529. The summed E-state index contributed by atoms with van der Waals surface area (Å²) in [5.41, 5.74) is 2.73. The molecule has 1 unspecified atom stereocenters. The average molecular weight is 290 g/mol. The normalized spacial score (nSPS) is 13.7. The molecule has 0 heterocycles. The Morgan fingerprint density at radius 3 is 2.37 bits per heavy atom. The number of benzene rings is 1. The number of rotatable bonds is 5. The lowest BCUT2D eigenvalue weighted by molar-refractivity contribution is 0.764. The van der Waals surface area contributed by atoms with Crippen molar-refractivity contribution < 1.29 is 0 Å². The standard InChI is InChI=1S/C17H29Si2/c1-13(2)15(4)12-18(5)16-10-9-14(3)11-17(16)19(6,7)8/h9-11,15H,1,12H2,2-8H3.